The van der Waals surface area contributed by atoms with Gasteiger partial charge in [0.05, 0.1) is 10.6 Å². The number of piperidine rings is 1. The highest BCUT2D eigenvalue weighted by Crippen LogP contribution is 2.32. The van der Waals surface area contributed by atoms with Crippen molar-refractivity contribution in [3.63, 3.8) is 0 Å². The van der Waals surface area contributed by atoms with Crippen molar-refractivity contribution < 1.29 is 13.6 Å². The lowest BCUT2D eigenvalue weighted by Gasteiger charge is -2.31. The van der Waals surface area contributed by atoms with E-state index in [4.69, 9.17) is 0 Å². The zero-order chi connectivity index (χ0) is 18.1. The van der Waals surface area contributed by atoms with Crippen molar-refractivity contribution in [2.45, 2.75) is 12.8 Å². The van der Waals surface area contributed by atoms with E-state index in [0.717, 1.165) is 29.2 Å². The van der Waals surface area contributed by atoms with E-state index < -0.39 is 0 Å². The minimum absolute atomic E-state index is 0.0893. The SMILES string of the molecule is O=C(Nc1ccc(F)cc1)C1CCCN(c2nc3c(F)cccc3s2)C1. The van der Waals surface area contributed by atoms with Gasteiger partial charge < -0.3 is 10.2 Å². The fraction of sp³-hybridized carbons (Fsp3) is 0.263. The number of carbonyl (C=O) groups excluding carboxylic acids is 1. The van der Waals surface area contributed by atoms with Crippen LogP contribution in [0.4, 0.5) is 19.6 Å². The van der Waals surface area contributed by atoms with Crippen LogP contribution in [0.5, 0.6) is 0 Å². The Morgan fingerprint density at radius 1 is 1.19 bits per heavy atom. The van der Waals surface area contributed by atoms with Crippen LogP contribution in [0.1, 0.15) is 12.8 Å². The van der Waals surface area contributed by atoms with Crippen molar-refractivity contribution in [2.24, 2.45) is 5.92 Å². The molecule has 2 heterocycles. The van der Waals surface area contributed by atoms with Gasteiger partial charge in [0.1, 0.15) is 17.2 Å². The molecule has 3 aromatic rings. The van der Waals surface area contributed by atoms with Crippen LogP contribution in [0.2, 0.25) is 0 Å². The number of aromatic nitrogens is 1. The van der Waals surface area contributed by atoms with Gasteiger partial charge in [-0.15, -0.1) is 0 Å². The number of hydrogen-bond acceptors (Lipinski definition) is 4. The zero-order valence-electron chi connectivity index (χ0n) is 13.9. The number of rotatable bonds is 3. The summed E-state index contributed by atoms with van der Waals surface area (Å²) >= 11 is 1.44. The summed E-state index contributed by atoms with van der Waals surface area (Å²) in [5, 5.41) is 3.58. The number of nitrogens with zero attached hydrogens (tertiary/aromatic N) is 2. The molecule has 0 saturated carbocycles. The highest BCUT2D eigenvalue weighted by molar-refractivity contribution is 7.22. The molecule has 4 nitrogen and oxygen atoms in total. The number of halogens is 2. The number of para-hydroxylation sites is 1. The van der Waals surface area contributed by atoms with E-state index in [0.29, 0.717) is 17.7 Å². The van der Waals surface area contributed by atoms with Crippen LogP contribution in [0, 0.1) is 17.6 Å². The Labute approximate surface area is 153 Å². The van der Waals surface area contributed by atoms with Gasteiger partial charge in [0.15, 0.2) is 5.13 Å². The molecular formula is C19H17F2N3OS. The monoisotopic (exact) mass is 373 g/mol. The summed E-state index contributed by atoms with van der Waals surface area (Å²) in [7, 11) is 0. The van der Waals surface area contributed by atoms with Crippen molar-refractivity contribution in [1.29, 1.82) is 0 Å². The summed E-state index contributed by atoms with van der Waals surface area (Å²) in [6, 6.07) is 10.7. The van der Waals surface area contributed by atoms with Crippen molar-refractivity contribution in [1.82, 2.24) is 4.98 Å². The fourth-order valence-corrected chi connectivity index (χ4v) is 4.20. The molecular weight excluding hydrogens is 356 g/mol. The first-order chi connectivity index (χ1) is 12.6. The maximum absolute atomic E-state index is 13.9. The lowest BCUT2D eigenvalue weighted by molar-refractivity contribution is -0.120. The molecule has 1 aliphatic rings. The number of fused-ring (bicyclic) bond motifs is 1. The van der Waals surface area contributed by atoms with Crippen molar-refractivity contribution >= 4 is 38.3 Å². The molecule has 1 saturated heterocycles. The first-order valence-electron chi connectivity index (χ1n) is 8.46. The van der Waals surface area contributed by atoms with Crippen LogP contribution in [-0.4, -0.2) is 24.0 Å². The van der Waals surface area contributed by atoms with E-state index in [9.17, 15) is 13.6 Å². The van der Waals surface area contributed by atoms with Gasteiger partial charge in [0.2, 0.25) is 5.91 Å². The molecule has 134 valence electrons. The van der Waals surface area contributed by atoms with E-state index in [2.05, 4.69) is 10.3 Å². The molecule has 7 heteroatoms. The van der Waals surface area contributed by atoms with E-state index >= 15 is 0 Å². The van der Waals surface area contributed by atoms with Gasteiger partial charge in [-0.25, -0.2) is 13.8 Å². The van der Waals surface area contributed by atoms with Crippen LogP contribution in [0.3, 0.4) is 0 Å². The molecule has 0 spiro atoms. The minimum atomic E-state index is -0.338. The summed E-state index contributed by atoms with van der Waals surface area (Å²) in [5.41, 5.74) is 0.959. The molecule has 1 aromatic heterocycles. The number of hydrogen-bond donors (Lipinski definition) is 1. The normalized spacial score (nSPS) is 17.5. The number of amides is 1. The predicted octanol–water partition coefficient (Wildman–Crippen LogP) is 4.43. The Bertz CT molecular complexity index is 942. The largest absolute Gasteiger partial charge is 0.347 e. The van der Waals surface area contributed by atoms with Gasteiger partial charge in [0, 0.05) is 18.8 Å². The number of anilines is 2. The highest BCUT2D eigenvalue weighted by atomic mass is 32.1. The molecule has 26 heavy (non-hydrogen) atoms. The Kier molecular flexibility index (Phi) is 4.55. The fourth-order valence-electron chi connectivity index (χ4n) is 3.18. The Morgan fingerprint density at radius 2 is 2.00 bits per heavy atom. The highest BCUT2D eigenvalue weighted by Gasteiger charge is 2.27. The summed E-state index contributed by atoms with van der Waals surface area (Å²) < 4.78 is 27.7. The molecule has 1 N–H and O–H groups in total. The lowest BCUT2D eigenvalue weighted by atomic mass is 9.97. The molecule has 1 atom stereocenters. The molecule has 0 radical (unpaired) electrons. The molecule has 0 aliphatic carbocycles. The number of nitrogens with one attached hydrogen (secondary N) is 1. The first-order valence-corrected chi connectivity index (χ1v) is 9.28. The van der Waals surface area contributed by atoms with Crippen molar-refractivity contribution in [3.05, 3.63) is 54.1 Å². The summed E-state index contributed by atoms with van der Waals surface area (Å²) in [6.07, 6.45) is 1.64. The van der Waals surface area contributed by atoms with Gasteiger partial charge in [-0.2, -0.15) is 0 Å². The van der Waals surface area contributed by atoms with Gasteiger partial charge >= 0.3 is 0 Å². The van der Waals surface area contributed by atoms with Crippen LogP contribution in [0.25, 0.3) is 10.2 Å². The van der Waals surface area contributed by atoms with E-state index in [1.54, 1.807) is 18.2 Å². The second kappa shape index (κ2) is 6.99. The van der Waals surface area contributed by atoms with Gasteiger partial charge in [0.25, 0.3) is 0 Å². The van der Waals surface area contributed by atoms with E-state index in [1.807, 2.05) is 11.0 Å². The first kappa shape index (κ1) is 16.9. The van der Waals surface area contributed by atoms with E-state index in [1.165, 1.54) is 29.5 Å². The minimum Gasteiger partial charge on any atom is -0.347 e. The Hall–Kier alpha value is -2.54. The third-order valence-electron chi connectivity index (χ3n) is 4.53. The summed E-state index contributed by atoms with van der Waals surface area (Å²) in [4.78, 5) is 19.0. The third-order valence-corrected chi connectivity index (χ3v) is 5.61. The lowest BCUT2D eigenvalue weighted by Crippen LogP contribution is -2.40. The summed E-state index contributed by atoms with van der Waals surface area (Å²) in [5.74, 6) is -0.943. The smallest absolute Gasteiger partial charge is 0.229 e. The van der Waals surface area contributed by atoms with Gasteiger partial charge in [-0.1, -0.05) is 17.4 Å². The Balaban J connectivity index is 1.48. The van der Waals surface area contributed by atoms with E-state index in [-0.39, 0.29) is 23.5 Å². The standard InChI is InChI=1S/C19H17F2N3OS/c20-13-6-8-14(9-7-13)22-18(25)12-3-2-10-24(11-12)19-23-17-15(21)4-1-5-16(17)26-19/h1,4-9,12H,2-3,10-11H2,(H,22,25). The van der Waals surface area contributed by atoms with Gasteiger partial charge in [-0.05, 0) is 49.2 Å². The van der Waals surface area contributed by atoms with Crippen molar-refractivity contribution in [3.8, 4) is 0 Å². The average molecular weight is 373 g/mol. The molecule has 1 unspecified atom stereocenters. The van der Waals surface area contributed by atoms with Crippen LogP contribution in [0.15, 0.2) is 42.5 Å². The van der Waals surface area contributed by atoms with Crippen molar-refractivity contribution in [2.75, 3.05) is 23.3 Å². The van der Waals surface area contributed by atoms with Crippen LogP contribution < -0.4 is 10.2 Å². The second-order valence-electron chi connectivity index (χ2n) is 6.36. The van der Waals surface area contributed by atoms with Crippen LogP contribution in [-0.2, 0) is 4.79 Å². The number of thiazole rings is 1. The molecule has 1 amide bonds. The summed E-state index contributed by atoms with van der Waals surface area (Å²) in [6.45, 7) is 1.33. The third kappa shape index (κ3) is 3.39. The second-order valence-corrected chi connectivity index (χ2v) is 7.37. The predicted molar refractivity (Wildman–Crippen MR) is 99.5 cm³/mol. The van der Waals surface area contributed by atoms with Crippen LogP contribution >= 0.6 is 11.3 Å². The van der Waals surface area contributed by atoms with Gasteiger partial charge in [-0.3, -0.25) is 4.79 Å². The molecule has 1 fully saturated rings. The molecule has 0 bridgehead atoms. The maximum atomic E-state index is 13.9. The number of carbonyl (C=O) groups is 1. The molecule has 2 aromatic carbocycles. The topological polar surface area (TPSA) is 45.2 Å². The maximum Gasteiger partial charge on any atom is 0.229 e. The molecule has 4 rings (SSSR count). The zero-order valence-corrected chi connectivity index (χ0v) is 14.7. The number of benzene rings is 2. The quantitative estimate of drug-likeness (QED) is 0.739. The molecule has 1 aliphatic heterocycles. The average Bonchev–Trinajstić information content (AvgIpc) is 3.09. The Morgan fingerprint density at radius 3 is 2.77 bits per heavy atom.